The Hall–Kier alpha value is -3.72. The molecule has 1 fully saturated rings. The number of anilines is 2. The van der Waals surface area contributed by atoms with Gasteiger partial charge in [0.1, 0.15) is 5.82 Å². The van der Waals surface area contributed by atoms with E-state index in [4.69, 9.17) is 9.97 Å². The summed E-state index contributed by atoms with van der Waals surface area (Å²) >= 11 is 1.51. The fraction of sp³-hybridized carbons (Fsp3) is 0.269. The van der Waals surface area contributed by atoms with Crippen molar-refractivity contribution >= 4 is 40.2 Å². The van der Waals surface area contributed by atoms with Gasteiger partial charge in [-0.3, -0.25) is 14.8 Å². The van der Waals surface area contributed by atoms with Crippen LogP contribution < -0.4 is 10.2 Å². The number of aromatic nitrogens is 4. The molecule has 35 heavy (non-hydrogen) atoms. The van der Waals surface area contributed by atoms with Gasteiger partial charge in [0, 0.05) is 75.1 Å². The molecule has 3 aromatic heterocycles. The molecule has 8 nitrogen and oxygen atoms in total. The highest BCUT2D eigenvalue weighted by Gasteiger charge is 2.31. The third kappa shape index (κ3) is 3.95. The molecule has 0 spiro atoms. The van der Waals surface area contributed by atoms with Crippen LogP contribution in [0.5, 0.6) is 0 Å². The van der Waals surface area contributed by atoms with Crippen LogP contribution in [0.25, 0.3) is 22.2 Å². The Morgan fingerprint density at radius 2 is 1.89 bits per heavy atom. The number of fused-ring (bicyclic) bond motifs is 4. The van der Waals surface area contributed by atoms with Crippen LogP contribution >= 0.6 is 11.8 Å². The minimum absolute atomic E-state index is 0.121. The maximum Gasteiger partial charge on any atom is 0.219 e. The number of hydrogen-bond acceptors (Lipinski definition) is 8. The fourth-order valence-corrected chi connectivity index (χ4v) is 5.67. The van der Waals surface area contributed by atoms with Crippen LogP contribution in [0.2, 0.25) is 0 Å². The van der Waals surface area contributed by atoms with E-state index >= 15 is 0 Å². The van der Waals surface area contributed by atoms with Gasteiger partial charge in [-0.2, -0.15) is 0 Å². The topological polar surface area (TPSA) is 87.1 Å². The number of hydrogen-bond donors (Lipinski definition) is 1. The Labute approximate surface area is 207 Å². The molecular weight excluding hydrogens is 458 g/mol. The molecule has 9 heteroatoms. The Bertz CT molecular complexity index is 1450. The maximum absolute atomic E-state index is 11.9. The zero-order chi connectivity index (χ0) is 23.9. The van der Waals surface area contributed by atoms with Crippen molar-refractivity contribution in [3.63, 3.8) is 0 Å². The average Bonchev–Trinajstić information content (AvgIpc) is 3.27. The summed E-state index contributed by atoms with van der Waals surface area (Å²) < 4.78 is 0. The van der Waals surface area contributed by atoms with E-state index in [1.165, 1.54) is 22.9 Å². The van der Waals surface area contributed by atoms with Gasteiger partial charge < -0.3 is 15.1 Å². The molecule has 2 aliphatic rings. The second kappa shape index (κ2) is 8.81. The summed E-state index contributed by atoms with van der Waals surface area (Å²) in [7, 11) is 1.95. The molecule has 1 amide bonds. The lowest BCUT2D eigenvalue weighted by Crippen LogP contribution is -2.48. The maximum atomic E-state index is 11.9. The van der Waals surface area contributed by atoms with Crippen molar-refractivity contribution in [3.8, 4) is 11.1 Å². The molecule has 0 radical (unpaired) electrons. The van der Waals surface area contributed by atoms with Crippen molar-refractivity contribution in [2.75, 3.05) is 43.4 Å². The largest absolute Gasteiger partial charge is 0.388 e. The van der Waals surface area contributed by atoms with Crippen LogP contribution in [-0.4, -0.2) is 64.0 Å². The summed E-state index contributed by atoms with van der Waals surface area (Å²) in [5.41, 5.74) is 7.42. The molecular formula is C26H25N7OS. The molecule has 0 saturated carbocycles. The van der Waals surface area contributed by atoms with Crippen molar-refractivity contribution in [2.24, 2.45) is 0 Å². The average molecular weight is 484 g/mol. The summed E-state index contributed by atoms with van der Waals surface area (Å²) in [5.74, 6) is 1.06. The summed E-state index contributed by atoms with van der Waals surface area (Å²) in [5, 5.41) is 4.02. The third-order valence-corrected chi connectivity index (χ3v) is 7.49. The number of benzene rings is 1. The zero-order valence-electron chi connectivity index (χ0n) is 19.7. The normalized spacial score (nSPS) is 14.7. The first-order valence-corrected chi connectivity index (χ1v) is 12.5. The van der Waals surface area contributed by atoms with E-state index in [1.54, 1.807) is 13.1 Å². The molecule has 176 valence electrons. The predicted octanol–water partition coefficient (Wildman–Crippen LogP) is 3.85. The molecule has 4 heterocycles. The first-order valence-electron chi connectivity index (χ1n) is 11.7. The number of piperazine rings is 1. The molecule has 4 aromatic rings. The fourth-order valence-electron chi connectivity index (χ4n) is 4.89. The predicted molar refractivity (Wildman–Crippen MR) is 138 cm³/mol. The molecule has 1 aliphatic carbocycles. The zero-order valence-corrected chi connectivity index (χ0v) is 20.5. The number of carbonyl (C=O) groups is 1. The first-order chi connectivity index (χ1) is 17.1. The van der Waals surface area contributed by atoms with E-state index in [0.717, 1.165) is 58.2 Å². The Kier molecular flexibility index (Phi) is 5.49. The lowest BCUT2D eigenvalue weighted by Gasteiger charge is -2.35. The molecule has 1 N–H and O–H groups in total. The van der Waals surface area contributed by atoms with Crippen molar-refractivity contribution in [1.82, 2.24) is 24.8 Å². The number of nitrogens with one attached hydrogen (secondary N) is 1. The van der Waals surface area contributed by atoms with Gasteiger partial charge in [-0.15, -0.1) is 0 Å². The monoisotopic (exact) mass is 483 g/mol. The van der Waals surface area contributed by atoms with Gasteiger partial charge in [-0.25, -0.2) is 9.97 Å². The highest BCUT2D eigenvalue weighted by molar-refractivity contribution is 7.99. The van der Waals surface area contributed by atoms with Crippen LogP contribution in [0.3, 0.4) is 0 Å². The quantitative estimate of drug-likeness (QED) is 0.386. The first kappa shape index (κ1) is 21.8. The molecule has 1 saturated heterocycles. The van der Waals surface area contributed by atoms with Gasteiger partial charge in [0.2, 0.25) is 5.91 Å². The van der Waals surface area contributed by atoms with Crippen LogP contribution in [0.1, 0.15) is 18.2 Å². The number of amides is 1. The highest BCUT2D eigenvalue weighted by atomic mass is 32.2. The molecule has 0 atom stereocenters. The summed E-state index contributed by atoms with van der Waals surface area (Å²) in [6, 6.07) is 12.2. The summed E-state index contributed by atoms with van der Waals surface area (Å²) in [6.07, 6.45) is 4.39. The van der Waals surface area contributed by atoms with E-state index < -0.39 is 0 Å². The van der Waals surface area contributed by atoms with E-state index in [2.05, 4.69) is 38.4 Å². The van der Waals surface area contributed by atoms with Gasteiger partial charge in [-0.1, -0.05) is 12.1 Å². The Morgan fingerprint density at radius 3 is 2.69 bits per heavy atom. The van der Waals surface area contributed by atoms with Gasteiger partial charge in [-0.05, 0) is 47.2 Å². The SMILES string of the molecule is CNc1cccc2c1Cc1nc(Sc3cnc4cccnc4c3)nc(N3CCN(C(C)=O)CC3)c1-2. The van der Waals surface area contributed by atoms with Gasteiger partial charge in [0.25, 0.3) is 0 Å². The minimum atomic E-state index is 0.121. The lowest BCUT2D eigenvalue weighted by molar-refractivity contribution is -0.129. The van der Waals surface area contributed by atoms with Crippen molar-refractivity contribution in [1.29, 1.82) is 0 Å². The van der Waals surface area contributed by atoms with E-state index in [0.29, 0.717) is 18.2 Å². The number of nitrogens with zero attached hydrogens (tertiary/aromatic N) is 6. The van der Waals surface area contributed by atoms with Gasteiger partial charge in [0.05, 0.1) is 16.7 Å². The second-order valence-electron chi connectivity index (χ2n) is 8.72. The van der Waals surface area contributed by atoms with E-state index in [-0.39, 0.29) is 5.91 Å². The number of pyridine rings is 2. The van der Waals surface area contributed by atoms with Crippen molar-refractivity contribution in [2.45, 2.75) is 23.4 Å². The van der Waals surface area contributed by atoms with Crippen LogP contribution in [0.15, 0.2) is 58.8 Å². The third-order valence-electron chi connectivity index (χ3n) is 6.66. The Balaban J connectivity index is 1.41. The van der Waals surface area contributed by atoms with E-state index in [1.807, 2.05) is 36.3 Å². The number of carbonyl (C=O) groups excluding carboxylic acids is 1. The lowest BCUT2D eigenvalue weighted by atomic mass is 10.0. The van der Waals surface area contributed by atoms with Gasteiger partial charge in [0.15, 0.2) is 5.16 Å². The van der Waals surface area contributed by atoms with Crippen LogP contribution in [0, 0.1) is 0 Å². The molecule has 1 aliphatic heterocycles. The summed E-state index contributed by atoms with van der Waals surface area (Å²) in [4.78, 5) is 36.1. The summed E-state index contributed by atoms with van der Waals surface area (Å²) in [6.45, 7) is 4.51. The van der Waals surface area contributed by atoms with Gasteiger partial charge >= 0.3 is 0 Å². The second-order valence-corrected chi connectivity index (χ2v) is 9.76. The minimum Gasteiger partial charge on any atom is -0.388 e. The Morgan fingerprint density at radius 1 is 1.03 bits per heavy atom. The molecule has 1 aromatic carbocycles. The molecule has 0 unspecified atom stereocenters. The van der Waals surface area contributed by atoms with Crippen LogP contribution in [-0.2, 0) is 11.2 Å². The van der Waals surface area contributed by atoms with Crippen molar-refractivity contribution in [3.05, 3.63) is 60.0 Å². The van der Waals surface area contributed by atoms with E-state index in [9.17, 15) is 4.79 Å². The van der Waals surface area contributed by atoms with Crippen LogP contribution in [0.4, 0.5) is 11.5 Å². The van der Waals surface area contributed by atoms with Crippen molar-refractivity contribution < 1.29 is 4.79 Å². The standard InChI is InChI=1S/C26H25N7OS/c1-16(34)32-9-11-33(12-10-32)25-24-18-5-3-6-20(27-2)19(18)14-23(24)30-26(31-25)35-17-13-22-21(29-15-17)7-4-8-28-22/h3-8,13,15,27H,9-12,14H2,1-2H3. The smallest absolute Gasteiger partial charge is 0.219 e. The highest BCUT2D eigenvalue weighted by Crippen LogP contribution is 2.45. The molecule has 0 bridgehead atoms. The number of rotatable bonds is 4. The molecule has 6 rings (SSSR count).